The van der Waals surface area contributed by atoms with Crippen LogP contribution in [0.5, 0.6) is 17.2 Å². The number of hydrogen-bond donors (Lipinski definition) is 1. The number of carboxylic acids is 1. The molecule has 1 unspecified atom stereocenters. The SMILES string of the molecule is CCCOc1ccccc1CC(C(=O)O)c1ccc(OC)c(OC)c1. The molecule has 0 aliphatic heterocycles. The van der Waals surface area contributed by atoms with E-state index in [-0.39, 0.29) is 0 Å². The van der Waals surface area contributed by atoms with Gasteiger partial charge in [-0.15, -0.1) is 0 Å². The Morgan fingerprint density at radius 1 is 1.04 bits per heavy atom. The van der Waals surface area contributed by atoms with Crippen molar-refractivity contribution in [2.75, 3.05) is 20.8 Å². The highest BCUT2D eigenvalue weighted by atomic mass is 16.5. The average Bonchev–Trinajstić information content (AvgIpc) is 2.64. The molecule has 0 radical (unpaired) electrons. The monoisotopic (exact) mass is 344 g/mol. The summed E-state index contributed by atoms with van der Waals surface area (Å²) in [6.45, 7) is 2.64. The maximum atomic E-state index is 11.9. The van der Waals surface area contributed by atoms with E-state index in [1.165, 1.54) is 7.11 Å². The lowest BCUT2D eigenvalue weighted by atomic mass is 9.91. The summed E-state index contributed by atoms with van der Waals surface area (Å²) in [6.07, 6.45) is 1.23. The van der Waals surface area contributed by atoms with Gasteiger partial charge in [-0.05, 0) is 42.2 Å². The summed E-state index contributed by atoms with van der Waals surface area (Å²) >= 11 is 0. The van der Waals surface area contributed by atoms with Crippen molar-refractivity contribution in [2.45, 2.75) is 25.7 Å². The third-order valence-corrected chi connectivity index (χ3v) is 3.97. The fourth-order valence-electron chi connectivity index (χ4n) is 2.66. The Hall–Kier alpha value is -2.69. The second-order valence-electron chi connectivity index (χ2n) is 5.67. The van der Waals surface area contributed by atoms with Gasteiger partial charge in [-0.3, -0.25) is 4.79 Å². The highest BCUT2D eigenvalue weighted by Crippen LogP contribution is 2.33. The molecule has 0 heterocycles. The zero-order chi connectivity index (χ0) is 18.2. The predicted molar refractivity (Wildman–Crippen MR) is 95.9 cm³/mol. The number of hydrogen-bond acceptors (Lipinski definition) is 4. The minimum Gasteiger partial charge on any atom is -0.493 e. The molecule has 5 nitrogen and oxygen atoms in total. The molecule has 5 heteroatoms. The van der Waals surface area contributed by atoms with Gasteiger partial charge in [-0.1, -0.05) is 31.2 Å². The van der Waals surface area contributed by atoms with E-state index in [2.05, 4.69) is 0 Å². The number of aliphatic carboxylic acids is 1. The molecule has 0 fully saturated rings. The molecular weight excluding hydrogens is 320 g/mol. The molecule has 2 aromatic rings. The van der Waals surface area contributed by atoms with Crippen molar-refractivity contribution in [2.24, 2.45) is 0 Å². The van der Waals surface area contributed by atoms with Crippen LogP contribution in [0, 0.1) is 0 Å². The number of rotatable bonds is 9. The van der Waals surface area contributed by atoms with Crippen LogP contribution < -0.4 is 14.2 Å². The van der Waals surface area contributed by atoms with E-state index < -0.39 is 11.9 Å². The maximum absolute atomic E-state index is 11.9. The smallest absolute Gasteiger partial charge is 0.311 e. The van der Waals surface area contributed by atoms with Crippen LogP contribution in [0.1, 0.15) is 30.4 Å². The molecule has 0 aromatic heterocycles. The van der Waals surface area contributed by atoms with Crippen molar-refractivity contribution < 1.29 is 24.1 Å². The van der Waals surface area contributed by atoms with Gasteiger partial charge in [-0.25, -0.2) is 0 Å². The van der Waals surface area contributed by atoms with Crippen molar-refractivity contribution in [3.63, 3.8) is 0 Å². The van der Waals surface area contributed by atoms with E-state index in [4.69, 9.17) is 14.2 Å². The fraction of sp³-hybridized carbons (Fsp3) is 0.350. The minimum atomic E-state index is -0.891. The Bertz CT molecular complexity index is 711. The van der Waals surface area contributed by atoms with E-state index in [9.17, 15) is 9.90 Å². The molecule has 0 bridgehead atoms. The standard InChI is InChI=1S/C20H24O5/c1-4-11-25-17-8-6-5-7-15(17)12-16(20(21)22)14-9-10-18(23-2)19(13-14)24-3/h5-10,13,16H,4,11-12H2,1-3H3,(H,21,22). The highest BCUT2D eigenvalue weighted by molar-refractivity contribution is 5.77. The van der Waals surface area contributed by atoms with Crippen molar-refractivity contribution >= 4 is 5.97 Å². The summed E-state index contributed by atoms with van der Waals surface area (Å²) < 4.78 is 16.3. The van der Waals surface area contributed by atoms with Gasteiger partial charge in [0.05, 0.1) is 26.7 Å². The summed E-state index contributed by atoms with van der Waals surface area (Å²) in [7, 11) is 3.08. The Kier molecular flexibility index (Phi) is 6.69. The van der Waals surface area contributed by atoms with Gasteiger partial charge in [-0.2, -0.15) is 0 Å². The first kappa shape index (κ1) is 18.6. The van der Waals surface area contributed by atoms with Gasteiger partial charge in [0.15, 0.2) is 11.5 Å². The quantitative estimate of drug-likeness (QED) is 0.747. The normalized spacial score (nSPS) is 11.6. The lowest BCUT2D eigenvalue weighted by molar-refractivity contribution is -0.138. The first-order valence-electron chi connectivity index (χ1n) is 8.26. The van der Waals surface area contributed by atoms with E-state index in [0.29, 0.717) is 30.1 Å². The van der Waals surface area contributed by atoms with Crippen LogP contribution in [0.3, 0.4) is 0 Å². The summed E-state index contributed by atoms with van der Waals surface area (Å²) in [5.41, 5.74) is 1.54. The number of para-hydroxylation sites is 1. The van der Waals surface area contributed by atoms with Crippen LogP contribution >= 0.6 is 0 Å². The largest absolute Gasteiger partial charge is 0.493 e. The molecule has 1 N–H and O–H groups in total. The topological polar surface area (TPSA) is 65.0 Å². The third-order valence-electron chi connectivity index (χ3n) is 3.97. The molecule has 1 atom stereocenters. The van der Waals surface area contributed by atoms with Crippen molar-refractivity contribution in [3.05, 3.63) is 53.6 Å². The molecular formula is C20H24O5. The number of carboxylic acid groups (broad SMARTS) is 1. The average molecular weight is 344 g/mol. The molecule has 0 saturated heterocycles. The molecule has 2 aromatic carbocycles. The molecule has 134 valence electrons. The molecule has 2 rings (SSSR count). The Labute approximate surface area is 148 Å². The van der Waals surface area contributed by atoms with Crippen LogP contribution in [0.15, 0.2) is 42.5 Å². The van der Waals surface area contributed by atoms with Gasteiger partial charge in [0.2, 0.25) is 0 Å². The van der Waals surface area contributed by atoms with Crippen LogP contribution in [-0.4, -0.2) is 31.9 Å². The number of carbonyl (C=O) groups is 1. The van der Waals surface area contributed by atoms with E-state index in [0.717, 1.165) is 17.7 Å². The summed E-state index contributed by atoms with van der Waals surface area (Å²) in [5, 5.41) is 9.73. The van der Waals surface area contributed by atoms with Crippen LogP contribution in [-0.2, 0) is 11.2 Å². The molecule has 0 saturated carbocycles. The van der Waals surface area contributed by atoms with Gasteiger partial charge in [0, 0.05) is 0 Å². The number of methoxy groups -OCH3 is 2. The zero-order valence-corrected chi connectivity index (χ0v) is 14.8. The minimum absolute atomic E-state index is 0.338. The third kappa shape index (κ3) is 4.66. The van der Waals surface area contributed by atoms with Gasteiger partial charge < -0.3 is 19.3 Å². The maximum Gasteiger partial charge on any atom is 0.311 e. The number of ether oxygens (including phenoxy) is 3. The second kappa shape index (κ2) is 8.97. The molecule has 0 amide bonds. The van der Waals surface area contributed by atoms with Crippen LogP contribution in [0.4, 0.5) is 0 Å². The van der Waals surface area contributed by atoms with Crippen molar-refractivity contribution in [1.82, 2.24) is 0 Å². The zero-order valence-electron chi connectivity index (χ0n) is 14.8. The van der Waals surface area contributed by atoms with Gasteiger partial charge in [0.25, 0.3) is 0 Å². The van der Waals surface area contributed by atoms with E-state index >= 15 is 0 Å². The highest BCUT2D eigenvalue weighted by Gasteiger charge is 2.23. The number of benzene rings is 2. The summed E-state index contributed by atoms with van der Waals surface area (Å²) in [6, 6.07) is 12.8. The van der Waals surface area contributed by atoms with Gasteiger partial charge in [0.1, 0.15) is 5.75 Å². The van der Waals surface area contributed by atoms with Crippen LogP contribution in [0.2, 0.25) is 0 Å². The Balaban J connectivity index is 2.32. The van der Waals surface area contributed by atoms with Gasteiger partial charge >= 0.3 is 5.97 Å². The fourth-order valence-corrected chi connectivity index (χ4v) is 2.66. The van der Waals surface area contributed by atoms with E-state index in [1.807, 2.05) is 31.2 Å². The lowest BCUT2D eigenvalue weighted by Crippen LogP contribution is -2.15. The van der Waals surface area contributed by atoms with Crippen molar-refractivity contribution in [1.29, 1.82) is 0 Å². The first-order valence-corrected chi connectivity index (χ1v) is 8.26. The van der Waals surface area contributed by atoms with Crippen LogP contribution in [0.25, 0.3) is 0 Å². The Morgan fingerprint density at radius 3 is 2.40 bits per heavy atom. The van der Waals surface area contributed by atoms with E-state index in [1.54, 1.807) is 25.3 Å². The predicted octanol–water partition coefficient (Wildman–Crippen LogP) is 3.90. The molecule has 0 spiro atoms. The molecule has 0 aliphatic carbocycles. The first-order chi connectivity index (χ1) is 12.1. The summed E-state index contributed by atoms with van der Waals surface area (Å²) in [4.78, 5) is 11.9. The lowest BCUT2D eigenvalue weighted by Gasteiger charge is -2.17. The Morgan fingerprint density at radius 2 is 1.76 bits per heavy atom. The molecule has 25 heavy (non-hydrogen) atoms. The van der Waals surface area contributed by atoms with Crippen molar-refractivity contribution in [3.8, 4) is 17.2 Å². The summed E-state index contributed by atoms with van der Waals surface area (Å²) in [5.74, 6) is 0.226. The molecule has 0 aliphatic rings. The second-order valence-corrected chi connectivity index (χ2v) is 5.67.